The fourth-order valence-corrected chi connectivity index (χ4v) is 2.02. The second-order valence-corrected chi connectivity index (χ2v) is 5.29. The topological polar surface area (TPSA) is 75.4 Å². The van der Waals surface area contributed by atoms with E-state index in [1.807, 2.05) is 13.8 Å². The van der Waals surface area contributed by atoms with Gasteiger partial charge in [-0.1, -0.05) is 13.8 Å². The molecule has 0 saturated heterocycles. The molecule has 1 aliphatic rings. The van der Waals surface area contributed by atoms with Gasteiger partial charge in [0.15, 0.2) is 0 Å². The van der Waals surface area contributed by atoms with Crippen LogP contribution in [0.25, 0.3) is 0 Å². The highest BCUT2D eigenvalue weighted by Crippen LogP contribution is 2.28. The number of hydrogen-bond acceptors (Lipinski definition) is 3. The molecule has 0 spiro atoms. The molecule has 2 rings (SSSR count). The maximum Gasteiger partial charge on any atom is 0.323 e. The molecule has 1 aliphatic carbocycles. The lowest BCUT2D eigenvalue weighted by molar-refractivity contribution is -0.137. The quantitative estimate of drug-likeness (QED) is 0.869. The number of amides is 1. The van der Waals surface area contributed by atoms with E-state index in [9.17, 15) is 9.59 Å². The molecule has 19 heavy (non-hydrogen) atoms. The lowest BCUT2D eigenvalue weighted by Crippen LogP contribution is -2.38. The summed E-state index contributed by atoms with van der Waals surface area (Å²) >= 11 is 0. The third-order valence-electron chi connectivity index (χ3n) is 3.26. The van der Waals surface area contributed by atoms with Gasteiger partial charge in [0, 0.05) is 13.1 Å². The second kappa shape index (κ2) is 5.03. The molecule has 0 radical (unpaired) electrons. The van der Waals surface area contributed by atoms with Crippen molar-refractivity contribution in [2.45, 2.75) is 38.6 Å². The minimum absolute atomic E-state index is 0.0704. The number of carboxylic acids is 1. The molecule has 104 valence electrons. The van der Waals surface area contributed by atoms with E-state index in [1.165, 1.54) is 9.58 Å². The van der Waals surface area contributed by atoms with Gasteiger partial charge in [0.25, 0.3) is 5.91 Å². The van der Waals surface area contributed by atoms with Crippen LogP contribution in [0, 0.1) is 0 Å². The summed E-state index contributed by atoms with van der Waals surface area (Å²) in [6.45, 7) is 3.77. The Hall–Kier alpha value is -1.85. The predicted octanol–water partition coefficient (Wildman–Crippen LogP) is 1.23. The number of carbonyl (C=O) groups is 2. The van der Waals surface area contributed by atoms with Crippen LogP contribution in [0.4, 0.5) is 0 Å². The fourth-order valence-electron chi connectivity index (χ4n) is 2.02. The van der Waals surface area contributed by atoms with Gasteiger partial charge in [0.2, 0.25) is 0 Å². The maximum absolute atomic E-state index is 12.4. The number of carboxylic acid groups (broad SMARTS) is 1. The molecule has 1 aromatic rings. The van der Waals surface area contributed by atoms with Crippen molar-refractivity contribution < 1.29 is 14.7 Å². The van der Waals surface area contributed by atoms with Crippen LogP contribution in [0.2, 0.25) is 0 Å². The Morgan fingerprint density at radius 3 is 2.58 bits per heavy atom. The number of hydrogen-bond donors (Lipinski definition) is 1. The van der Waals surface area contributed by atoms with E-state index >= 15 is 0 Å². The molecule has 0 aromatic carbocycles. The summed E-state index contributed by atoms with van der Waals surface area (Å²) in [6, 6.07) is 1.82. The highest BCUT2D eigenvalue weighted by atomic mass is 16.4. The maximum atomic E-state index is 12.4. The average molecular weight is 265 g/mol. The van der Waals surface area contributed by atoms with E-state index in [2.05, 4.69) is 5.10 Å². The van der Waals surface area contributed by atoms with Crippen LogP contribution in [0.1, 0.15) is 48.8 Å². The average Bonchev–Trinajstić information content (AvgIpc) is 3.07. The highest BCUT2D eigenvalue weighted by molar-refractivity contribution is 5.95. The van der Waals surface area contributed by atoms with Crippen LogP contribution in [-0.2, 0) is 11.8 Å². The molecule has 1 amide bonds. The van der Waals surface area contributed by atoms with Crippen LogP contribution in [-0.4, -0.2) is 44.3 Å². The van der Waals surface area contributed by atoms with Crippen molar-refractivity contribution in [3.8, 4) is 0 Å². The van der Waals surface area contributed by atoms with E-state index in [4.69, 9.17) is 5.11 Å². The molecule has 1 fully saturated rings. The summed E-state index contributed by atoms with van der Waals surface area (Å²) in [5.41, 5.74) is 1.30. The predicted molar refractivity (Wildman–Crippen MR) is 69.0 cm³/mol. The first-order chi connectivity index (χ1) is 8.90. The molecule has 0 bridgehead atoms. The molecule has 1 N–H and O–H groups in total. The van der Waals surface area contributed by atoms with Crippen LogP contribution in [0.15, 0.2) is 6.07 Å². The van der Waals surface area contributed by atoms with Crippen molar-refractivity contribution in [3.05, 3.63) is 17.5 Å². The van der Waals surface area contributed by atoms with Crippen molar-refractivity contribution in [1.82, 2.24) is 14.7 Å². The Bertz CT molecular complexity index is 503. The van der Waals surface area contributed by atoms with Gasteiger partial charge >= 0.3 is 5.97 Å². The minimum atomic E-state index is -0.980. The number of aromatic nitrogens is 2. The first-order valence-electron chi connectivity index (χ1n) is 6.47. The van der Waals surface area contributed by atoms with Gasteiger partial charge < -0.3 is 10.0 Å². The third-order valence-corrected chi connectivity index (χ3v) is 3.26. The zero-order chi connectivity index (χ0) is 14.2. The van der Waals surface area contributed by atoms with E-state index < -0.39 is 5.97 Å². The zero-order valence-corrected chi connectivity index (χ0v) is 11.5. The Morgan fingerprint density at radius 1 is 1.53 bits per heavy atom. The molecule has 1 heterocycles. The Balaban J connectivity index is 2.23. The van der Waals surface area contributed by atoms with E-state index in [1.54, 1.807) is 13.1 Å². The smallest absolute Gasteiger partial charge is 0.323 e. The Labute approximate surface area is 112 Å². The SMILES string of the molecule is CC(C)c1cc(C(=O)N(CC(=O)O)C2CC2)n(C)n1. The van der Waals surface area contributed by atoms with Crippen LogP contribution in [0.5, 0.6) is 0 Å². The van der Waals surface area contributed by atoms with E-state index in [0.29, 0.717) is 5.69 Å². The largest absolute Gasteiger partial charge is 0.480 e. The number of aryl methyl sites for hydroxylation is 1. The van der Waals surface area contributed by atoms with Gasteiger partial charge in [-0.2, -0.15) is 5.10 Å². The number of carbonyl (C=O) groups excluding carboxylic acids is 1. The molecule has 6 heteroatoms. The third kappa shape index (κ3) is 2.94. The highest BCUT2D eigenvalue weighted by Gasteiger charge is 2.35. The molecular weight excluding hydrogens is 246 g/mol. The van der Waals surface area contributed by atoms with Crippen molar-refractivity contribution in [2.75, 3.05) is 6.54 Å². The van der Waals surface area contributed by atoms with Crippen LogP contribution >= 0.6 is 0 Å². The summed E-state index contributed by atoms with van der Waals surface area (Å²) < 4.78 is 1.54. The monoisotopic (exact) mass is 265 g/mol. The molecule has 1 aromatic heterocycles. The van der Waals surface area contributed by atoms with Gasteiger partial charge in [-0.05, 0) is 24.8 Å². The lowest BCUT2D eigenvalue weighted by Gasteiger charge is -2.19. The molecule has 0 aliphatic heterocycles. The van der Waals surface area contributed by atoms with Crippen LogP contribution in [0.3, 0.4) is 0 Å². The normalized spacial score (nSPS) is 14.7. The standard InChI is InChI=1S/C13H19N3O3/c1-8(2)10-6-11(15(3)14-10)13(19)16(7-12(17)18)9-4-5-9/h6,8-9H,4-5,7H2,1-3H3,(H,17,18). The Kier molecular flexibility index (Phi) is 3.59. The molecule has 1 saturated carbocycles. The van der Waals surface area contributed by atoms with Gasteiger partial charge in [-0.15, -0.1) is 0 Å². The first-order valence-corrected chi connectivity index (χ1v) is 6.47. The number of rotatable bonds is 5. The Morgan fingerprint density at radius 2 is 2.16 bits per heavy atom. The second-order valence-electron chi connectivity index (χ2n) is 5.29. The van der Waals surface area contributed by atoms with Gasteiger partial charge in [-0.3, -0.25) is 14.3 Å². The van der Waals surface area contributed by atoms with Crippen LogP contribution < -0.4 is 0 Å². The van der Waals surface area contributed by atoms with Crippen molar-refractivity contribution in [3.63, 3.8) is 0 Å². The summed E-state index contributed by atoms with van der Waals surface area (Å²) in [7, 11) is 1.71. The van der Waals surface area contributed by atoms with Gasteiger partial charge in [-0.25, -0.2) is 0 Å². The number of aliphatic carboxylic acids is 1. The summed E-state index contributed by atoms with van der Waals surface area (Å²) in [5.74, 6) is -0.986. The van der Waals surface area contributed by atoms with Crippen molar-refractivity contribution in [1.29, 1.82) is 0 Å². The zero-order valence-electron chi connectivity index (χ0n) is 11.5. The van der Waals surface area contributed by atoms with E-state index in [0.717, 1.165) is 18.5 Å². The number of nitrogens with zero attached hydrogens (tertiary/aromatic N) is 3. The molecule has 6 nitrogen and oxygen atoms in total. The molecule has 0 unspecified atom stereocenters. The van der Waals surface area contributed by atoms with E-state index in [-0.39, 0.29) is 24.4 Å². The first kappa shape index (κ1) is 13.6. The minimum Gasteiger partial charge on any atom is -0.480 e. The fraction of sp³-hybridized carbons (Fsp3) is 0.615. The summed E-state index contributed by atoms with van der Waals surface area (Å²) in [5, 5.41) is 13.2. The van der Waals surface area contributed by atoms with Crippen molar-refractivity contribution in [2.24, 2.45) is 7.05 Å². The van der Waals surface area contributed by atoms with Gasteiger partial charge in [0.1, 0.15) is 12.2 Å². The summed E-state index contributed by atoms with van der Waals surface area (Å²) in [4.78, 5) is 24.7. The summed E-state index contributed by atoms with van der Waals surface area (Å²) in [6.07, 6.45) is 1.77. The van der Waals surface area contributed by atoms with Gasteiger partial charge in [0.05, 0.1) is 5.69 Å². The lowest BCUT2D eigenvalue weighted by atomic mass is 10.1. The molecular formula is C13H19N3O3. The molecule has 0 atom stereocenters. The van der Waals surface area contributed by atoms with Crippen molar-refractivity contribution >= 4 is 11.9 Å².